The first-order chi connectivity index (χ1) is 11.6. The summed E-state index contributed by atoms with van der Waals surface area (Å²) in [6, 6.07) is 9.16. The van der Waals surface area contributed by atoms with Crippen molar-refractivity contribution in [3.05, 3.63) is 62.1 Å². The molecule has 0 spiro atoms. The highest BCUT2D eigenvalue weighted by Gasteiger charge is 2.23. The molecule has 0 aliphatic heterocycles. The fourth-order valence-electron chi connectivity index (χ4n) is 2.39. The number of rotatable bonds is 4. The maximum Gasteiger partial charge on any atom is 0.269 e. The Hall–Kier alpha value is -2.41. The summed E-state index contributed by atoms with van der Waals surface area (Å²) in [5.74, 6) is 0.220. The average Bonchev–Trinajstić information content (AvgIpc) is 2.53. The van der Waals surface area contributed by atoms with Crippen LogP contribution in [0, 0.1) is 10.1 Å². The normalized spacial score (nSPS) is 11.1. The van der Waals surface area contributed by atoms with Gasteiger partial charge in [0.05, 0.1) is 17.7 Å². The number of nitro benzene ring substituents is 1. The highest BCUT2D eigenvalue weighted by molar-refractivity contribution is 9.10. The second kappa shape index (κ2) is 7.23. The zero-order chi connectivity index (χ0) is 18.8. The largest absolute Gasteiger partial charge is 0.494 e. The van der Waals surface area contributed by atoms with Crippen LogP contribution in [0.2, 0.25) is 0 Å². The van der Waals surface area contributed by atoms with Crippen molar-refractivity contribution in [3.8, 4) is 5.75 Å². The number of hydrogen-bond donors (Lipinski definition) is 1. The summed E-state index contributed by atoms with van der Waals surface area (Å²) in [5, 5.41) is 13.5. The van der Waals surface area contributed by atoms with Crippen molar-refractivity contribution in [1.82, 2.24) is 0 Å². The summed E-state index contributed by atoms with van der Waals surface area (Å²) in [7, 11) is 1.56. The highest BCUT2D eigenvalue weighted by atomic mass is 79.9. The fraction of sp³-hybridized carbons (Fsp3) is 0.278. The minimum Gasteiger partial charge on any atom is -0.494 e. The van der Waals surface area contributed by atoms with Gasteiger partial charge in [0.1, 0.15) is 5.75 Å². The smallest absolute Gasteiger partial charge is 0.269 e. The van der Waals surface area contributed by atoms with Gasteiger partial charge >= 0.3 is 0 Å². The van der Waals surface area contributed by atoms with Crippen LogP contribution < -0.4 is 10.1 Å². The molecule has 7 heteroatoms. The van der Waals surface area contributed by atoms with E-state index in [9.17, 15) is 14.9 Å². The lowest BCUT2D eigenvalue weighted by Gasteiger charge is -2.24. The predicted molar refractivity (Wildman–Crippen MR) is 100 cm³/mol. The van der Waals surface area contributed by atoms with E-state index in [-0.39, 0.29) is 17.0 Å². The number of benzene rings is 2. The second-order valence-electron chi connectivity index (χ2n) is 6.54. The number of carbonyl (C=O) groups excluding carboxylic acids is 1. The number of nitrogens with one attached hydrogen (secondary N) is 1. The van der Waals surface area contributed by atoms with Gasteiger partial charge in [-0.05, 0) is 29.7 Å². The lowest BCUT2D eigenvalue weighted by molar-refractivity contribution is -0.384. The molecule has 2 aromatic rings. The van der Waals surface area contributed by atoms with Gasteiger partial charge < -0.3 is 10.1 Å². The molecule has 1 amide bonds. The fourth-order valence-corrected chi connectivity index (χ4v) is 2.85. The third-order valence-electron chi connectivity index (χ3n) is 3.65. The Morgan fingerprint density at radius 3 is 2.28 bits per heavy atom. The van der Waals surface area contributed by atoms with Gasteiger partial charge in [0, 0.05) is 27.7 Å². The summed E-state index contributed by atoms with van der Waals surface area (Å²) in [6.45, 7) is 6.16. The molecule has 0 saturated carbocycles. The molecule has 25 heavy (non-hydrogen) atoms. The van der Waals surface area contributed by atoms with E-state index in [1.54, 1.807) is 13.2 Å². The number of nitrogens with zero attached hydrogens (tertiary/aromatic N) is 1. The van der Waals surface area contributed by atoms with Gasteiger partial charge in [-0.15, -0.1) is 0 Å². The summed E-state index contributed by atoms with van der Waals surface area (Å²) >= 11 is 3.46. The second-order valence-corrected chi connectivity index (χ2v) is 7.46. The molecule has 2 aromatic carbocycles. The van der Waals surface area contributed by atoms with Gasteiger partial charge in [-0.3, -0.25) is 14.9 Å². The molecule has 0 saturated heterocycles. The van der Waals surface area contributed by atoms with Crippen LogP contribution in [0.4, 0.5) is 11.4 Å². The van der Waals surface area contributed by atoms with Crippen LogP contribution in [0.1, 0.15) is 36.7 Å². The SMILES string of the molecule is COc1c(NC(=O)c2ccc([N+](=O)[O-])cc2)cc(Br)cc1C(C)(C)C. The summed E-state index contributed by atoms with van der Waals surface area (Å²) < 4.78 is 6.34. The standard InChI is InChI=1S/C18H19BrN2O4/c1-18(2,3)14-9-12(19)10-15(16(14)25-4)20-17(22)11-5-7-13(8-6-11)21(23)24/h5-10H,1-4H3,(H,20,22). The number of ether oxygens (including phenoxy) is 1. The summed E-state index contributed by atoms with van der Waals surface area (Å²) in [6.07, 6.45) is 0. The molecule has 0 atom stereocenters. The van der Waals surface area contributed by atoms with E-state index >= 15 is 0 Å². The number of amides is 1. The van der Waals surface area contributed by atoms with Crippen LogP contribution >= 0.6 is 15.9 Å². The maximum absolute atomic E-state index is 12.5. The van der Waals surface area contributed by atoms with Crippen molar-refractivity contribution in [2.24, 2.45) is 0 Å². The van der Waals surface area contributed by atoms with Gasteiger partial charge in [-0.2, -0.15) is 0 Å². The summed E-state index contributed by atoms with van der Waals surface area (Å²) in [4.78, 5) is 22.7. The Kier molecular flexibility index (Phi) is 5.47. The zero-order valence-electron chi connectivity index (χ0n) is 14.4. The molecule has 0 radical (unpaired) electrons. The molecule has 0 aliphatic carbocycles. The first-order valence-electron chi connectivity index (χ1n) is 7.57. The van der Waals surface area contributed by atoms with Crippen LogP contribution in [-0.4, -0.2) is 17.9 Å². The number of hydrogen-bond acceptors (Lipinski definition) is 4. The van der Waals surface area contributed by atoms with Crippen LogP contribution in [0.5, 0.6) is 5.75 Å². The number of nitro groups is 1. The average molecular weight is 407 g/mol. The van der Waals surface area contributed by atoms with Crippen molar-refractivity contribution >= 4 is 33.2 Å². The van der Waals surface area contributed by atoms with Gasteiger partial charge in [-0.1, -0.05) is 36.7 Å². The highest BCUT2D eigenvalue weighted by Crippen LogP contribution is 2.39. The molecule has 132 valence electrons. The van der Waals surface area contributed by atoms with Crippen molar-refractivity contribution in [1.29, 1.82) is 0 Å². The van der Waals surface area contributed by atoms with Crippen LogP contribution in [0.15, 0.2) is 40.9 Å². The molecule has 0 aliphatic rings. The van der Waals surface area contributed by atoms with E-state index < -0.39 is 4.92 Å². The quantitative estimate of drug-likeness (QED) is 0.577. The first kappa shape index (κ1) is 18.9. The molecule has 2 rings (SSSR count). The Bertz CT molecular complexity index is 811. The first-order valence-corrected chi connectivity index (χ1v) is 8.36. The Morgan fingerprint density at radius 2 is 1.80 bits per heavy atom. The van der Waals surface area contributed by atoms with Gasteiger partial charge in [0.25, 0.3) is 11.6 Å². The zero-order valence-corrected chi connectivity index (χ0v) is 16.0. The number of carbonyl (C=O) groups is 1. The maximum atomic E-state index is 12.5. The summed E-state index contributed by atoms with van der Waals surface area (Å²) in [5.41, 5.74) is 1.56. The lowest BCUT2D eigenvalue weighted by Crippen LogP contribution is -2.17. The Morgan fingerprint density at radius 1 is 1.20 bits per heavy atom. The van der Waals surface area contributed by atoms with E-state index in [0.717, 1.165) is 10.0 Å². The molecule has 0 heterocycles. The molecule has 0 unspecified atom stereocenters. The number of methoxy groups -OCH3 is 1. The molecular weight excluding hydrogens is 388 g/mol. The van der Waals surface area contributed by atoms with Crippen LogP contribution in [0.3, 0.4) is 0 Å². The number of non-ortho nitro benzene ring substituents is 1. The van der Waals surface area contributed by atoms with E-state index in [0.29, 0.717) is 17.0 Å². The van der Waals surface area contributed by atoms with E-state index in [2.05, 4.69) is 42.0 Å². The van der Waals surface area contributed by atoms with Crippen molar-refractivity contribution in [2.75, 3.05) is 12.4 Å². The topological polar surface area (TPSA) is 81.5 Å². The molecule has 6 nitrogen and oxygen atoms in total. The third kappa shape index (κ3) is 4.36. The monoisotopic (exact) mass is 406 g/mol. The van der Waals surface area contributed by atoms with Gasteiger partial charge in [0.15, 0.2) is 0 Å². The van der Waals surface area contributed by atoms with Crippen LogP contribution in [0.25, 0.3) is 0 Å². The van der Waals surface area contributed by atoms with Gasteiger partial charge in [-0.25, -0.2) is 0 Å². The molecule has 0 bridgehead atoms. The third-order valence-corrected chi connectivity index (χ3v) is 4.11. The van der Waals surface area contributed by atoms with E-state index in [1.807, 2.05) is 6.07 Å². The van der Waals surface area contributed by atoms with Crippen molar-refractivity contribution < 1.29 is 14.5 Å². The van der Waals surface area contributed by atoms with Crippen molar-refractivity contribution in [3.63, 3.8) is 0 Å². The number of halogens is 1. The van der Waals surface area contributed by atoms with E-state index in [4.69, 9.17) is 4.74 Å². The minimum atomic E-state index is -0.505. The predicted octanol–water partition coefficient (Wildman–Crippen LogP) is 4.92. The lowest BCUT2D eigenvalue weighted by atomic mass is 9.86. The molecule has 1 N–H and O–H groups in total. The Balaban J connectivity index is 2.37. The van der Waals surface area contributed by atoms with E-state index in [1.165, 1.54) is 24.3 Å². The van der Waals surface area contributed by atoms with Crippen molar-refractivity contribution in [2.45, 2.75) is 26.2 Å². The molecule has 0 aromatic heterocycles. The van der Waals surface area contributed by atoms with Crippen LogP contribution in [-0.2, 0) is 5.41 Å². The Labute approximate surface area is 154 Å². The minimum absolute atomic E-state index is 0.0633. The number of anilines is 1. The van der Waals surface area contributed by atoms with Gasteiger partial charge in [0.2, 0.25) is 0 Å². The molecular formula is C18H19BrN2O4. The molecule has 0 fully saturated rings.